The van der Waals surface area contributed by atoms with Gasteiger partial charge in [0.25, 0.3) is 0 Å². The van der Waals surface area contributed by atoms with Gasteiger partial charge < -0.3 is 4.74 Å². The van der Waals surface area contributed by atoms with Gasteiger partial charge in [0.15, 0.2) is 0 Å². The quantitative estimate of drug-likeness (QED) is 0.411. The third-order valence-electron chi connectivity index (χ3n) is 6.13. The molecule has 2 aromatic carbocycles. The number of fused-ring (bicyclic) bond motifs is 1. The maximum Gasteiger partial charge on any atom is 0.123 e. The Bertz CT molecular complexity index is 971. The Balaban J connectivity index is 1.38. The van der Waals surface area contributed by atoms with Gasteiger partial charge in [-0.1, -0.05) is 51.1 Å². The molecular weight excluding hydrogens is 374 g/mol. The Morgan fingerprint density at radius 1 is 1.14 bits per heavy atom. The Kier molecular flexibility index (Phi) is 6.05. The fourth-order valence-electron chi connectivity index (χ4n) is 4.26. The molecule has 1 aliphatic carbocycles. The van der Waals surface area contributed by atoms with Crippen LogP contribution in [0.1, 0.15) is 72.7 Å². The van der Waals surface area contributed by atoms with Crippen LogP contribution >= 0.6 is 11.3 Å². The number of rotatable bonds is 7. The summed E-state index contributed by atoms with van der Waals surface area (Å²) in [6, 6.07) is 15.5. The van der Waals surface area contributed by atoms with Crippen molar-refractivity contribution in [2.75, 3.05) is 6.61 Å². The van der Waals surface area contributed by atoms with Gasteiger partial charge in [-0.25, -0.2) is 4.98 Å². The van der Waals surface area contributed by atoms with Gasteiger partial charge in [0.05, 0.1) is 12.3 Å². The minimum atomic E-state index is 0.557. The highest BCUT2D eigenvalue weighted by Gasteiger charge is 2.21. The minimum Gasteiger partial charge on any atom is -0.493 e. The van der Waals surface area contributed by atoms with Gasteiger partial charge in [-0.3, -0.25) is 0 Å². The lowest BCUT2D eigenvalue weighted by Crippen LogP contribution is -2.03. The number of benzene rings is 2. The van der Waals surface area contributed by atoms with Crippen molar-refractivity contribution in [3.63, 3.8) is 0 Å². The molecule has 0 amide bonds. The number of ether oxygens (including phenoxy) is 1. The molecule has 1 aliphatic rings. The van der Waals surface area contributed by atoms with E-state index in [9.17, 15) is 0 Å². The van der Waals surface area contributed by atoms with Crippen LogP contribution in [0.25, 0.3) is 10.6 Å². The molecule has 29 heavy (non-hydrogen) atoms. The van der Waals surface area contributed by atoms with Crippen LogP contribution in [0, 0.1) is 6.92 Å². The predicted molar refractivity (Wildman–Crippen MR) is 123 cm³/mol. The number of thiazole rings is 1. The molecule has 1 aromatic heterocycles. The SMILES string of the molecule is CCC1CCc2cc(OCCc3nc(-c4ccc(C(C)C)cc4)sc3C)ccc21. The molecule has 1 heterocycles. The molecule has 0 fully saturated rings. The molecule has 4 rings (SSSR count). The van der Waals surface area contributed by atoms with Crippen molar-refractivity contribution in [3.05, 3.63) is 69.7 Å². The van der Waals surface area contributed by atoms with Crippen molar-refractivity contribution >= 4 is 11.3 Å². The zero-order chi connectivity index (χ0) is 20.4. The molecule has 152 valence electrons. The lowest BCUT2D eigenvalue weighted by molar-refractivity contribution is 0.320. The van der Waals surface area contributed by atoms with Crippen molar-refractivity contribution in [1.82, 2.24) is 4.98 Å². The van der Waals surface area contributed by atoms with Crippen molar-refractivity contribution < 1.29 is 4.74 Å². The topological polar surface area (TPSA) is 22.1 Å². The van der Waals surface area contributed by atoms with Crippen LogP contribution in [0.3, 0.4) is 0 Å². The van der Waals surface area contributed by atoms with E-state index in [1.807, 2.05) is 0 Å². The fourth-order valence-corrected chi connectivity index (χ4v) is 5.22. The van der Waals surface area contributed by atoms with Gasteiger partial charge in [-0.05, 0) is 66.8 Å². The molecule has 0 saturated carbocycles. The first-order valence-electron chi connectivity index (χ1n) is 10.9. The number of nitrogens with zero attached hydrogens (tertiary/aromatic N) is 1. The highest BCUT2D eigenvalue weighted by Crippen LogP contribution is 2.37. The molecule has 0 N–H and O–H groups in total. The largest absolute Gasteiger partial charge is 0.493 e. The van der Waals surface area contributed by atoms with Crippen LogP contribution in [0.5, 0.6) is 5.75 Å². The van der Waals surface area contributed by atoms with Crippen molar-refractivity contribution in [1.29, 1.82) is 0 Å². The summed E-state index contributed by atoms with van der Waals surface area (Å²) < 4.78 is 6.08. The first-order chi connectivity index (χ1) is 14.0. The summed E-state index contributed by atoms with van der Waals surface area (Å²) in [5.74, 6) is 2.30. The van der Waals surface area contributed by atoms with Gasteiger partial charge in [0.1, 0.15) is 10.8 Å². The third kappa shape index (κ3) is 4.40. The molecule has 0 radical (unpaired) electrons. The monoisotopic (exact) mass is 405 g/mol. The predicted octanol–water partition coefficient (Wildman–Crippen LogP) is 7.30. The van der Waals surface area contributed by atoms with Gasteiger partial charge >= 0.3 is 0 Å². The van der Waals surface area contributed by atoms with Crippen LogP contribution in [-0.4, -0.2) is 11.6 Å². The molecule has 1 atom stereocenters. The van der Waals surface area contributed by atoms with E-state index in [4.69, 9.17) is 9.72 Å². The summed E-state index contributed by atoms with van der Waals surface area (Å²) in [4.78, 5) is 6.19. The Labute approximate surface area is 179 Å². The van der Waals surface area contributed by atoms with Crippen LogP contribution in [0.15, 0.2) is 42.5 Å². The van der Waals surface area contributed by atoms with E-state index in [-0.39, 0.29) is 0 Å². The van der Waals surface area contributed by atoms with E-state index >= 15 is 0 Å². The third-order valence-corrected chi connectivity index (χ3v) is 7.20. The first-order valence-corrected chi connectivity index (χ1v) is 11.7. The lowest BCUT2D eigenvalue weighted by atomic mass is 9.99. The standard InChI is InChI=1S/C26H31NOS/c1-5-19-6-11-22-16-23(12-13-24(19)22)28-15-14-25-18(4)29-26(27-25)21-9-7-20(8-10-21)17(2)3/h7-10,12-13,16-17,19H,5-6,11,14-15H2,1-4H3. The molecule has 1 unspecified atom stereocenters. The van der Waals surface area contributed by atoms with Crippen molar-refractivity contribution in [3.8, 4) is 16.3 Å². The summed E-state index contributed by atoms with van der Waals surface area (Å²) in [7, 11) is 0. The second-order valence-electron chi connectivity index (χ2n) is 8.40. The molecule has 0 aliphatic heterocycles. The van der Waals surface area contributed by atoms with Gasteiger partial charge in [0, 0.05) is 16.9 Å². The zero-order valence-electron chi connectivity index (χ0n) is 18.0. The summed E-state index contributed by atoms with van der Waals surface area (Å²) in [6.07, 6.45) is 4.56. The average Bonchev–Trinajstić information content (AvgIpc) is 3.31. The van der Waals surface area contributed by atoms with Gasteiger partial charge in [0.2, 0.25) is 0 Å². The van der Waals surface area contributed by atoms with Crippen LogP contribution in [0.4, 0.5) is 0 Å². The number of aromatic nitrogens is 1. The lowest BCUT2D eigenvalue weighted by Gasteiger charge is -2.10. The molecular formula is C26H31NOS. The maximum atomic E-state index is 6.08. The van der Waals surface area contributed by atoms with Crippen molar-refractivity contribution in [2.24, 2.45) is 0 Å². The highest BCUT2D eigenvalue weighted by molar-refractivity contribution is 7.15. The van der Waals surface area contributed by atoms with E-state index in [1.54, 1.807) is 11.3 Å². The summed E-state index contributed by atoms with van der Waals surface area (Å²) in [5.41, 5.74) is 6.74. The van der Waals surface area contributed by atoms with Crippen molar-refractivity contribution in [2.45, 2.75) is 65.2 Å². The van der Waals surface area contributed by atoms with E-state index in [0.717, 1.165) is 28.8 Å². The summed E-state index contributed by atoms with van der Waals surface area (Å²) >= 11 is 1.78. The Hall–Kier alpha value is -2.13. The molecule has 3 heteroatoms. The normalized spacial score (nSPS) is 15.7. The second kappa shape index (κ2) is 8.71. The molecule has 0 bridgehead atoms. The Morgan fingerprint density at radius 3 is 2.66 bits per heavy atom. The molecule has 2 nitrogen and oxygen atoms in total. The average molecular weight is 406 g/mol. The van der Waals surface area contributed by atoms with E-state index in [2.05, 4.69) is 70.2 Å². The fraction of sp³-hybridized carbons (Fsp3) is 0.423. The van der Waals surface area contributed by atoms with Crippen LogP contribution in [-0.2, 0) is 12.8 Å². The van der Waals surface area contributed by atoms with Crippen LogP contribution < -0.4 is 4.74 Å². The number of aryl methyl sites for hydroxylation is 2. The molecule has 0 saturated heterocycles. The van der Waals surface area contributed by atoms with Gasteiger partial charge in [-0.15, -0.1) is 11.3 Å². The first kappa shape index (κ1) is 20.2. The number of hydrogen-bond acceptors (Lipinski definition) is 3. The molecule has 0 spiro atoms. The highest BCUT2D eigenvalue weighted by atomic mass is 32.1. The Morgan fingerprint density at radius 2 is 1.93 bits per heavy atom. The minimum absolute atomic E-state index is 0.557. The molecule has 3 aromatic rings. The zero-order valence-corrected chi connectivity index (χ0v) is 18.8. The number of hydrogen-bond donors (Lipinski definition) is 0. The van der Waals surface area contributed by atoms with Gasteiger partial charge in [-0.2, -0.15) is 0 Å². The summed E-state index contributed by atoms with van der Waals surface area (Å²) in [6.45, 7) is 9.58. The summed E-state index contributed by atoms with van der Waals surface area (Å²) in [5, 5.41) is 1.11. The van der Waals surface area contributed by atoms with Crippen LogP contribution in [0.2, 0.25) is 0 Å². The second-order valence-corrected chi connectivity index (χ2v) is 9.60. The maximum absolute atomic E-state index is 6.08. The van der Waals surface area contributed by atoms with E-state index in [1.165, 1.54) is 46.4 Å². The van der Waals surface area contributed by atoms with E-state index in [0.29, 0.717) is 12.5 Å². The smallest absolute Gasteiger partial charge is 0.123 e. The van der Waals surface area contributed by atoms with E-state index < -0.39 is 0 Å².